The number of aromatic nitrogens is 2. The van der Waals surface area contributed by atoms with Crippen molar-refractivity contribution in [1.82, 2.24) is 9.97 Å². The Balaban J connectivity index is 1.81. The molecule has 2 heterocycles. The van der Waals surface area contributed by atoms with E-state index in [1.165, 1.54) is 11.1 Å². The first-order valence-electron chi connectivity index (χ1n) is 8.13. The van der Waals surface area contributed by atoms with Crippen LogP contribution in [-0.2, 0) is 13.0 Å². The molecule has 0 aliphatic heterocycles. The molecule has 5 nitrogen and oxygen atoms in total. The summed E-state index contributed by atoms with van der Waals surface area (Å²) >= 11 is 0. The van der Waals surface area contributed by atoms with Crippen LogP contribution >= 0.6 is 0 Å². The summed E-state index contributed by atoms with van der Waals surface area (Å²) in [4.78, 5) is 8.94. The largest absolute Gasteiger partial charge is 0.467 e. The van der Waals surface area contributed by atoms with Crippen molar-refractivity contribution in [2.75, 3.05) is 10.6 Å². The molecule has 24 heavy (non-hydrogen) atoms. The van der Waals surface area contributed by atoms with Gasteiger partial charge in [-0.15, -0.1) is 0 Å². The predicted octanol–water partition coefficient (Wildman–Crippen LogP) is 4.60. The Kier molecular flexibility index (Phi) is 4.79. The van der Waals surface area contributed by atoms with Crippen LogP contribution in [0.5, 0.6) is 0 Å². The van der Waals surface area contributed by atoms with Crippen LogP contribution in [0, 0.1) is 13.8 Å². The third-order valence-electron chi connectivity index (χ3n) is 3.85. The van der Waals surface area contributed by atoms with Crippen LogP contribution in [-0.4, -0.2) is 9.97 Å². The van der Waals surface area contributed by atoms with Gasteiger partial charge in [0.1, 0.15) is 23.2 Å². The Morgan fingerprint density at radius 2 is 1.88 bits per heavy atom. The average molecular weight is 322 g/mol. The first-order valence-corrected chi connectivity index (χ1v) is 8.13. The number of furan rings is 1. The lowest BCUT2D eigenvalue weighted by molar-refractivity contribution is 0.518. The Hall–Kier alpha value is -2.82. The molecule has 0 saturated heterocycles. The molecule has 0 radical (unpaired) electrons. The quantitative estimate of drug-likeness (QED) is 0.694. The van der Waals surface area contributed by atoms with Crippen LogP contribution in [0.2, 0.25) is 0 Å². The lowest BCUT2D eigenvalue weighted by Gasteiger charge is -2.14. The first kappa shape index (κ1) is 16.1. The summed E-state index contributed by atoms with van der Waals surface area (Å²) in [6, 6.07) is 12.1. The van der Waals surface area contributed by atoms with Crippen molar-refractivity contribution in [2.45, 2.75) is 33.7 Å². The average Bonchev–Trinajstić information content (AvgIpc) is 3.08. The van der Waals surface area contributed by atoms with Crippen LogP contribution < -0.4 is 10.6 Å². The number of aryl methyl sites for hydroxylation is 3. The lowest BCUT2D eigenvalue weighted by atomic mass is 10.1. The zero-order valence-corrected chi connectivity index (χ0v) is 14.3. The topological polar surface area (TPSA) is 63.0 Å². The molecule has 0 aliphatic carbocycles. The highest BCUT2D eigenvalue weighted by Gasteiger charge is 2.08. The van der Waals surface area contributed by atoms with Gasteiger partial charge in [-0.05, 0) is 43.5 Å². The highest BCUT2D eigenvalue weighted by molar-refractivity contribution is 5.66. The zero-order chi connectivity index (χ0) is 16.9. The van der Waals surface area contributed by atoms with Gasteiger partial charge in [-0.2, -0.15) is 0 Å². The maximum atomic E-state index is 5.34. The van der Waals surface area contributed by atoms with E-state index in [0.29, 0.717) is 12.4 Å². The summed E-state index contributed by atoms with van der Waals surface area (Å²) in [5.74, 6) is 3.14. The molecule has 124 valence electrons. The monoisotopic (exact) mass is 322 g/mol. The molecule has 0 atom stereocenters. The van der Waals surface area contributed by atoms with Crippen molar-refractivity contribution >= 4 is 17.3 Å². The number of nitrogens with zero attached hydrogens (tertiary/aromatic N) is 2. The Bertz CT molecular complexity index is 812. The van der Waals surface area contributed by atoms with E-state index in [-0.39, 0.29) is 0 Å². The maximum Gasteiger partial charge on any atom is 0.136 e. The number of benzene rings is 1. The number of hydrogen-bond donors (Lipinski definition) is 2. The summed E-state index contributed by atoms with van der Waals surface area (Å²) in [7, 11) is 0. The Morgan fingerprint density at radius 1 is 1.04 bits per heavy atom. The maximum absolute atomic E-state index is 5.34. The number of hydrogen-bond acceptors (Lipinski definition) is 5. The van der Waals surface area contributed by atoms with Crippen molar-refractivity contribution in [1.29, 1.82) is 0 Å². The molecule has 0 unspecified atom stereocenters. The van der Waals surface area contributed by atoms with Gasteiger partial charge in [0.15, 0.2) is 0 Å². The Labute approximate surface area is 142 Å². The number of para-hydroxylation sites is 1. The molecule has 2 N–H and O–H groups in total. The van der Waals surface area contributed by atoms with E-state index < -0.39 is 0 Å². The number of nitrogens with one attached hydrogen (secondary N) is 2. The van der Waals surface area contributed by atoms with E-state index in [1.807, 2.05) is 25.1 Å². The summed E-state index contributed by atoms with van der Waals surface area (Å²) in [6.07, 6.45) is 2.64. The Morgan fingerprint density at radius 3 is 2.62 bits per heavy atom. The van der Waals surface area contributed by atoms with Crippen LogP contribution in [0.25, 0.3) is 0 Å². The van der Waals surface area contributed by atoms with Crippen molar-refractivity contribution in [3.8, 4) is 0 Å². The van der Waals surface area contributed by atoms with Crippen molar-refractivity contribution in [3.63, 3.8) is 0 Å². The van der Waals surface area contributed by atoms with E-state index in [4.69, 9.17) is 4.42 Å². The van der Waals surface area contributed by atoms with Gasteiger partial charge in [-0.1, -0.05) is 25.1 Å². The molecular formula is C19H22N4O. The molecule has 0 bridgehead atoms. The van der Waals surface area contributed by atoms with Crippen LogP contribution in [0.1, 0.15) is 29.6 Å². The fraction of sp³-hybridized carbons (Fsp3) is 0.263. The number of rotatable bonds is 6. The fourth-order valence-corrected chi connectivity index (χ4v) is 2.64. The molecule has 5 heteroatoms. The molecule has 0 fully saturated rings. The van der Waals surface area contributed by atoms with Crippen molar-refractivity contribution in [3.05, 3.63) is 65.4 Å². The number of anilines is 3. The second kappa shape index (κ2) is 7.17. The molecule has 3 rings (SSSR count). The van der Waals surface area contributed by atoms with Gasteiger partial charge in [0.25, 0.3) is 0 Å². The van der Waals surface area contributed by atoms with E-state index in [9.17, 15) is 0 Å². The van der Waals surface area contributed by atoms with Gasteiger partial charge in [-0.3, -0.25) is 0 Å². The highest BCUT2D eigenvalue weighted by atomic mass is 16.3. The standard InChI is InChI=1S/C19H22N4O/c1-4-15-8-5-7-13(2)19(15)23-18-11-17(21-14(3)22-18)20-12-16-9-6-10-24-16/h5-11H,4,12H2,1-3H3,(H2,20,21,22,23). The molecule has 0 aliphatic rings. The molecule has 2 aromatic heterocycles. The molecular weight excluding hydrogens is 300 g/mol. The van der Waals surface area contributed by atoms with Gasteiger partial charge < -0.3 is 15.1 Å². The molecule has 3 aromatic rings. The van der Waals surface area contributed by atoms with Gasteiger partial charge in [-0.25, -0.2) is 9.97 Å². The molecule has 0 spiro atoms. The van der Waals surface area contributed by atoms with Gasteiger partial charge in [0.05, 0.1) is 12.8 Å². The van der Waals surface area contributed by atoms with Gasteiger partial charge >= 0.3 is 0 Å². The molecule has 1 aromatic carbocycles. The van der Waals surface area contributed by atoms with Crippen molar-refractivity contribution in [2.24, 2.45) is 0 Å². The van der Waals surface area contributed by atoms with E-state index >= 15 is 0 Å². The summed E-state index contributed by atoms with van der Waals surface area (Å²) < 4.78 is 5.34. The zero-order valence-electron chi connectivity index (χ0n) is 14.3. The van der Waals surface area contributed by atoms with Crippen LogP contribution in [0.15, 0.2) is 47.1 Å². The highest BCUT2D eigenvalue weighted by Crippen LogP contribution is 2.25. The second-order valence-electron chi connectivity index (χ2n) is 5.71. The fourth-order valence-electron chi connectivity index (χ4n) is 2.64. The van der Waals surface area contributed by atoms with Crippen molar-refractivity contribution < 1.29 is 4.42 Å². The summed E-state index contributed by atoms with van der Waals surface area (Å²) in [5, 5.41) is 6.72. The summed E-state index contributed by atoms with van der Waals surface area (Å²) in [6.45, 7) is 6.74. The first-order chi connectivity index (χ1) is 11.7. The van der Waals surface area contributed by atoms with E-state index in [0.717, 1.165) is 29.5 Å². The van der Waals surface area contributed by atoms with E-state index in [1.54, 1.807) is 6.26 Å². The SMILES string of the molecule is CCc1cccc(C)c1Nc1cc(NCc2ccco2)nc(C)n1. The van der Waals surface area contributed by atoms with Crippen LogP contribution in [0.3, 0.4) is 0 Å². The third-order valence-corrected chi connectivity index (χ3v) is 3.85. The minimum atomic E-state index is 0.591. The normalized spacial score (nSPS) is 10.6. The lowest BCUT2D eigenvalue weighted by Crippen LogP contribution is -2.06. The second-order valence-corrected chi connectivity index (χ2v) is 5.71. The predicted molar refractivity (Wildman–Crippen MR) is 96.6 cm³/mol. The minimum absolute atomic E-state index is 0.591. The van der Waals surface area contributed by atoms with E-state index in [2.05, 4.69) is 52.6 Å². The van der Waals surface area contributed by atoms with Crippen LogP contribution in [0.4, 0.5) is 17.3 Å². The van der Waals surface area contributed by atoms with Gasteiger partial charge in [0.2, 0.25) is 0 Å². The van der Waals surface area contributed by atoms with Gasteiger partial charge in [0, 0.05) is 11.8 Å². The summed E-state index contributed by atoms with van der Waals surface area (Å²) in [5.41, 5.74) is 3.60. The minimum Gasteiger partial charge on any atom is -0.467 e. The smallest absolute Gasteiger partial charge is 0.136 e. The molecule has 0 amide bonds. The third kappa shape index (κ3) is 3.74. The molecule has 0 saturated carbocycles.